The van der Waals surface area contributed by atoms with E-state index in [0.717, 1.165) is 4.47 Å². The summed E-state index contributed by atoms with van der Waals surface area (Å²) in [5.41, 5.74) is 0.308. The number of halogens is 4. The Hall–Kier alpha value is -0.840. The Labute approximate surface area is 93.4 Å². The maximum atomic E-state index is 11.8. The largest absolute Gasteiger partial charge is 0.389 e. The minimum absolute atomic E-state index is 0.308. The van der Waals surface area contributed by atoms with E-state index >= 15 is 0 Å². The van der Waals surface area contributed by atoms with E-state index in [1.54, 1.807) is 12.1 Å². The third kappa shape index (κ3) is 4.46. The fraction of sp³-hybridized carbons (Fsp3) is 0.300. The maximum Gasteiger partial charge on any atom is 0.389 e. The number of rotatable bonds is 3. The van der Waals surface area contributed by atoms with Gasteiger partial charge in [-0.25, -0.2) is 0 Å². The molecule has 0 unspecified atom stereocenters. The standard InChI is InChI=1S/C10H8BrF3O/c11-8-3-1-7(2-4-8)9(15)5-6-10(12,13)14/h1-4H,5-6H2. The molecule has 0 bridgehead atoms. The lowest BCUT2D eigenvalue weighted by Crippen LogP contribution is -2.10. The summed E-state index contributed by atoms with van der Waals surface area (Å²) in [6.45, 7) is 0. The third-order valence-electron chi connectivity index (χ3n) is 1.80. The molecule has 0 saturated carbocycles. The Bertz CT molecular complexity index is 343. The molecule has 1 rings (SSSR count). The van der Waals surface area contributed by atoms with Gasteiger partial charge in [-0.15, -0.1) is 0 Å². The molecule has 0 aliphatic rings. The first kappa shape index (κ1) is 12.2. The molecule has 1 aromatic rings. The van der Waals surface area contributed by atoms with Gasteiger partial charge in [0.25, 0.3) is 0 Å². The maximum absolute atomic E-state index is 11.8. The molecule has 1 nitrogen and oxygen atoms in total. The van der Waals surface area contributed by atoms with Crippen molar-refractivity contribution in [3.63, 3.8) is 0 Å². The second-order valence-corrected chi connectivity index (χ2v) is 3.96. The summed E-state index contributed by atoms with van der Waals surface area (Å²) >= 11 is 3.17. The molecule has 0 atom stereocenters. The van der Waals surface area contributed by atoms with Crippen LogP contribution in [0, 0.1) is 0 Å². The summed E-state index contributed by atoms with van der Waals surface area (Å²) in [4.78, 5) is 11.3. The lowest BCUT2D eigenvalue weighted by atomic mass is 10.1. The highest BCUT2D eigenvalue weighted by Gasteiger charge is 2.27. The molecule has 82 valence electrons. The molecule has 0 fully saturated rings. The number of benzene rings is 1. The Balaban J connectivity index is 2.58. The summed E-state index contributed by atoms with van der Waals surface area (Å²) in [7, 11) is 0. The van der Waals surface area contributed by atoms with Crippen molar-refractivity contribution < 1.29 is 18.0 Å². The van der Waals surface area contributed by atoms with Gasteiger partial charge in [-0.1, -0.05) is 28.1 Å². The number of hydrogen-bond acceptors (Lipinski definition) is 1. The van der Waals surface area contributed by atoms with Crippen molar-refractivity contribution in [2.75, 3.05) is 0 Å². The highest BCUT2D eigenvalue weighted by atomic mass is 79.9. The van der Waals surface area contributed by atoms with Gasteiger partial charge in [-0.05, 0) is 12.1 Å². The van der Waals surface area contributed by atoms with E-state index in [1.807, 2.05) is 0 Å². The predicted octanol–water partition coefficient (Wildman–Crippen LogP) is 3.97. The monoisotopic (exact) mass is 280 g/mol. The van der Waals surface area contributed by atoms with Gasteiger partial charge in [0.1, 0.15) is 0 Å². The Kier molecular flexibility index (Phi) is 3.90. The summed E-state index contributed by atoms with van der Waals surface area (Å²) in [5, 5.41) is 0. The number of carbonyl (C=O) groups excluding carboxylic acids is 1. The molecule has 0 spiro atoms. The van der Waals surface area contributed by atoms with Crippen LogP contribution in [0.5, 0.6) is 0 Å². The Morgan fingerprint density at radius 1 is 1.20 bits per heavy atom. The van der Waals surface area contributed by atoms with Crippen LogP contribution in [0.2, 0.25) is 0 Å². The molecule has 0 radical (unpaired) electrons. The van der Waals surface area contributed by atoms with Crippen molar-refractivity contribution in [2.24, 2.45) is 0 Å². The van der Waals surface area contributed by atoms with Crippen molar-refractivity contribution in [3.8, 4) is 0 Å². The number of Topliss-reactive ketones (excluding diaryl/α,β-unsaturated/α-hetero) is 1. The van der Waals surface area contributed by atoms with E-state index in [-0.39, 0.29) is 0 Å². The first-order chi connectivity index (χ1) is 6.88. The summed E-state index contributed by atoms with van der Waals surface area (Å²) < 4.78 is 36.3. The average molecular weight is 281 g/mol. The zero-order valence-electron chi connectivity index (χ0n) is 7.64. The molecule has 0 aromatic heterocycles. The quantitative estimate of drug-likeness (QED) is 0.766. The van der Waals surface area contributed by atoms with Gasteiger partial charge in [-0.2, -0.15) is 13.2 Å². The molecule has 0 heterocycles. The fourth-order valence-corrected chi connectivity index (χ4v) is 1.30. The fourth-order valence-electron chi connectivity index (χ4n) is 1.04. The minimum Gasteiger partial charge on any atom is -0.294 e. The van der Waals surface area contributed by atoms with E-state index in [0.29, 0.717) is 5.56 Å². The van der Waals surface area contributed by atoms with Crippen LogP contribution in [-0.4, -0.2) is 12.0 Å². The first-order valence-corrected chi connectivity index (χ1v) is 5.03. The van der Waals surface area contributed by atoms with Gasteiger partial charge >= 0.3 is 6.18 Å². The van der Waals surface area contributed by atoms with Crippen LogP contribution in [-0.2, 0) is 0 Å². The summed E-state index contributed by atoms with van der Waals surface area (Å²) in [5.74, 6) is -0.486. The van der Waals surface area contributed by atoms with Gasteiger partial charge in [-0.3, -0.25) is 4.79 Å². The zero-order chi connectivity index (χ0) is 11.5. The molecule has 5 heteroatoms. The molecule has 1 aromatic carbocycles. The first-order valence-electron chi connectivity index (χ1n) is 4.24. The normalized spacial score (nSPS) is 11.5. The van der Waals surface area contributed by atoms with Crippen molar-refractivity contribution in [1.82, 2.24) is 0 Å². The van der Waals surface area contributed by atoms with Crippen molar-refractivity contribution >= 4 is 21.7 Å². The highest BCUT2D eigenvalue weighted by molar-refractivity contribution is 9.10. The number of hydrogen-bond donors (Lipinski definition) is 0. The predicted molar refractivity (Wildman–Crippen MR) is 53.8 cm³/mol. The van der Waals surface area contributed by atoms with E-state index in [2.05, 4.69) is 15.9 Å². The van der Waals surface area contributed by atoms with Crippen LogP contribution < -0.4 is 0 Å². The van der Waals surface area contributed by atoms with Crippen LogP contribution in [0.4, 0.5) is 13.2 Å². The molecule has 15 heavy (non-hydrogen) atoms. The highest BCUT2D eigenvalue weighted by Crippen LogP contribution is 2.22. The molecule has 0 aliphatic carbocycles. The molecule has 0 N–H and O–H groups in total. The van der Waals surface area contributed by atoms with Crippen LogP contribution in [0.15, 0.2) is 28.7 Å². The van der Waals surface area contributed by atoms with Crippen LogP contribution >= 0.6 is 15.9 Å². The van der Waals surface area contributed by atoms with Crippen molar-refractivity contribution in [3.05, 3.63) is 34.3 Å². The second-order valence-electron chi connectivity index (χ2n) is 3.05. The van der Waals surface area contributed by atoms with E-state index < -0.39 is 24.8 Å². The summed E-state index contributed by atoms with van der Waals surface area (Å²) in [6, 6.07) is 6.26. The Morgan fingerprint density at radius 3 is 2.20 bits per heavy atom. The molecule has 0 aliphatic heterocycles. The van der Waals surface area contributed by atoms with E-state index in [4.69, 9.17) is 0 Å². The zero-order valence-corrected chi connectivity index (χ0v) is 9.23. The van der Waals surface area contributed by atoms with Crippen molar-refractivity contribution in [1.29, 1.82) is 0 Å². The van der Waals surface area contributed by atoms with Gasteiger partial charge in [0, 0.05) is 16.5 Å². The molecular formula is C10H8BrF3O. The summed E-state index contributed by atoms with van der Waals surface area (Å²) in [6.07, 6.45) is -5.84. The molecule has 0 saturated heterocycles. The van der Waals surface area contributed by atoms with E-state index in [9.17, 15) is 18.0 Å². The number of alkyl halides is 3. The van der Waals surface area contributed by atoms with Gasteiger partial charge in [0.15, 0.2) is 5.78 Å². The second kappa shape index (κ2) is 4.79. The SMILES string of the molecule is O=C(CCC(F)(F)F)c1ccc(Br)cc1. The van der Waals surface area contributed by atoms with Gasteiger partial charge in [0.2, 0.25) is 0 Å². The average Bonchev–Trinajstić information content (AvgIpc) is 2.14. The smallest absolute Gasteiger partial charge is 0.294 e. The molecule has 0 amide bonds. The lowest BCUT2D eigenvalue weighted by Gasteiger charge is -2.05. The third-order valence-corrected chi connectivity index (χ3v) is 2.33. The number of carbonyl (C=O) groups is 1. The van der Waals surface area contributed by atoms with Crippen molar-refractivity contribution in [2.45, 2.75) is 19.0 Å². The van der Waals surface area contributed by atoms with Gasteiger partial charge in [0.05, 0.1) is 6.42 Å². The van der Waals surface area contributed by atoms with Crippen LogP contribution in [0.1, 0.15) is 23.2 Å². The lowest BCUT2D eigenvalue weighted by molar-refractivity contribution is -0.133. The minimum atomic E-state index is -4.27. The van der Waals surface area contributed by atoms with Crippen LogP contribution in [0.3, 0.4) is 0 Å². The molecular weight excluding hydrogens is 273 g/mol. The van der Waals surface area contributed by atoms with Gasteiger partial charge < -0.3 is 0 Å². The van der Waals surface area contributed by atoms with Crippen LogP contribution in [0.25, 0.3) is 0 Å². The Morgan fingerprint density at radius 2 is 1.73 bits per heavy atom. The van der Waals surface area contributed by atoms with E-state index in [1.165, 1.54) is 12.1 Å². The number of ketones is 1. The topological polar surface area (TPSA) is 17.1 Å².